The Morgan fingerprint density at radius 3 is 2.77 bits per heavy atom. The molecule has 0 radical (unpaired) electrons. The number of hydrogen-bond acceptors (Lipinski definition) is 4. The lowest BCUT2D eigenvalue weighted by Gasteiger charge is -2.24. The van der Waals surface area contributed by atoms with Crippen molar-refractivity contribution < 1.29 is 9.59 Å². The lowest BCUT2D eigenvalue weighted by atomic mass is 9.87. The van der Waals surface area contributed by atoms with Gasteiger partial charge in [0, 0.05) is 26.7 Å². The zero-order valence-corrected chi connectivity index (χ0v) is 14.5. The number of nitrogens with zero attached hydrogens (tertiary/aromatic N) is 2. The van der Waals surface area contributed by atoms with E-state index in [9.17, 15) is 9.59 Å². The maximum atomic E-state index is 12.2. The standard InChI is InChI=1S/C15H28N4O2.ClH/c1-3-6-17-13(20)9-18(2)14(21)10-19-8-5-15(12-19)4-7-16-11-15;/h16H,3-12H2,1-2H3,(H,17,20);1H. The van der Waals surface area contributed by atoms with Gasteiger partial charge in [0.2, 0.25) is 11.8 Å². The molecule has 0 bridgehead atoms. The van der Waals surface area contributed by atoms with Crippen molar-refractivity contribution in [2.24, 2.45) is 5.41 Å². The van der Waals surface area contributed by atoms with Crippen molar-refractivity contribution in [2.75, 3.05) is 52.9 Å². The second-order valence-electron chi connectivity index (χ2n) is 6.49. The van der Waals surface area contributed by atoms with Gasteiger partial charge in [-0.25, -0.2) is 0 Å². The van der Waals surface area contributed by atoms with Crippen LogP contribution in [0.5, 0.6) is 0 Å². The lowest BCUT2D eigenvalue weighted by Crippen LogP contribution is -2.43. The van der Waals surface area contributed by atoms with E-state index in [1.807, 2.05) is 6.92 Å². The maximum Gasteiger partial charge on any atom is 0.239 e. The van der Waals surface area contributed by atoms with Crippen LogP contribution in [-0.4, -0.2) is 74.5 Å². The molecule has 0 saturated carbocycles. The first-order valence-corrected chi connectivity index (χ1v) is 7.98. The van der Waals surface area contributed by atoms with Crippen molar-refractivity contribution in [1.82, 2.24) is 20.4 Å². The molecule has 0 aromatic heterocycles. The van der Waals surface area contributed by atoms with Crippen LogP contribution in [0.25, 0.3) is 0 Å². The summed E-state index contributed by atoms with van der Waals surface area (Å²) in [7, 11) is 1.71. The van der Waals surface area contributed by atoms with E-state index in [0.29, 0.717) is 18.5 Å². The van der Waals surface area contributed by atoms with Crippen molar-refractivity contribution in [2.45, 2.75) is 26.2 Å². The average Bonchev–Trinajstić information content (AvgIpc) is 3.07. The van der Waals surface area contributed by atoms with Gasteiger partial charge in [0.1, 0.15) is 0 Å². The van der Waals surface area contributed by atoms with E-state index in [2.05, 4.69) is 15.5 Å². The smallest absolute Gasteiger partial charge is 0.239 e. The molecule has 2 aliphatic heterocycles. The van der Waals surface area contributed by atoms with Crippen molar-refractivity contribution in [3.63, 3.8) is 0 Å². The minimum atomic E-state index is -0.0782. The molecule has 1 spiro atoms. The Labute approximate surface area is 139 Å². The van der Waals surface area contributed by atoms with E-state index >= 15 is 0 Å². The van der Waals surface area contributed by atoms with Crippen molar-refractivity contribution in [1.29, 1.82) is 0 Å². The second-order valence-corrected chi connectivity index (χ2v) is 6.49. The van der Waals surface area contributed by atoms with Crippen LogP contribution in [0.2, 0.25) is 0 Å². The van der Waals surface area contributed by atoms with E-state index in [1.54, 1.807) is 7.05 Å². The number of hydrogen-bond donors (Lipinski definition) is 2. The van der Waals surface area contributed by atoms with Crippen LogP contribution >= 0.6 is 12.4 Å². The van der Waals surface area contributed by atoms with Gasteiger partial charge in [0.25, 0.3) is 0 Å². The number of likely N-dealkylation sites (N-methyl/N-ethyl adjacent to an activating group) is 1. The monoisotopic (exact) mass is 332 g/mol. The van der Waals surface area contributed by atoms with E-state index in [4.69, 9.17) is 0 Å². The highest BCUT2D eigenvalue weighted by atomic mass is 35.5. The third-order valence-corrected chi connectivity index (χ3v) is 4.59. The Morgan fingerprint density at radius 2 is 2.14 bits per heavy atom. The van der Waals surface area contributed by atoms with Crippen LogP contribution in [0.1, 0.15) is 26.2 Å². The molecular formula is C15H29ClN4O2. The molecule has 2 amide bonds. The molecule has 6 nitrogen and oxygen atoms in total. The molecule has 2 fully saturated rings. The van der Waals surface area contributed by atoms with Gasteiger partial charge < -0.3 is 15.5 Å². The molecule has 1 unspecified atom stereocenters. The van der Waals surface area contributed by atoms with Crippen LogP contribution in [0.3, 0.4) is 0 Å². The molecule has 7 heteroatoms. The summed E-state index contributed by atoms with van der Waals surface area (Å²) in [6.07, 6.45) is 3.30. The van der Waals surface area contributed by atoms with Gasteiger partial charge in [-0.15, -0.1) is 12.4 Å². The largest absolute Gasteiger partial charge is 0.355 e. The molecule has 22 heavy (non-hydrogen) atoms. The molecule has 2 aliphatic rings. The Bertz CT molecular complexity index is 386. The van der Waals surface area contributed by atoms with Gasteiger partial charge in [-0.1, -0.05) is 6.92 Å². The molecule has 0 aromatic rings. The van der Waals surface area contributed by atoms with E-state index in [1.165, 1.54) is 17.7 Å². The normalized spacial score (nSPS) is 24.3. The summed E-state index contributed by atoms with van der Waals surface area (Å²) in [5.74, 6) is -0.0461. The van der Waals surface area contributed by atoms with Crippen LogP contribution in [0.15, 0.2) is 0 Å². The highest BCUT2D eigenvalue weighted by Crippen LogP contribution is 2.35. The van der Waals surface area contributed by atoms with Gasteiger partial charge >= 0.3 is 0 Å². The molecule has 128 valence electrons. The number of nitrogens with one attached hydrogen (secondary N) is 2. The summed E-state index contributed by atoms with van der Waals surface area (Å²) in [5.41, 5.74) is 0.386. The summed E-state index contributed by atoms with van der Waals surface area (Å²) in [6, 6.07) is 0. The highest BCUT2D eigenvalue weighted by Gasteiger charge is 2.40. The Morgan fingerprint density at radius 1 is 1.36 bits per heavy atom. The van der Waals surface area contributed by atoms with Crippen molar-refractivity contribution >= 4 is 24.2 Å². The fourth-order valence-corrected chi connectivity index (χ4v) is 3.24. The fourth-order valence-electron chi connectivity index (χ4n) is 3.24. The van der Waals surface area contributed by atoms with Crippen LogP contribution in [0.4, 0.5) is 0 Å². The van der Waals surface area contributed by atoms with Crippen LogP contribution in [-0.2, 0) is 9.59 Å². The fraction of sp³-hybridized carbons (Fsp3) is 0.867. The number of carbonyl (C=O) groups excluding carboxylic acids is 2. The molecule has 2 rings (SSSR count). The Balaban J connectivity index is 0.00000242. The quantitative estimate of drug-likeness (QED) is 0.723. The molecule has 2 N–H and O–H groups in total. The van der Waals surface area contributed by atoms with E-state index in [0.717, 1.165) is 32.6 Å². The topological polar surface area (TPSA) is 64.7 Å². The maximum absolute atomic E-state index is 12.2. The molecule has 2 heterocycles. The SMILES string of the molecule is CCCNC(=O)CN(C)C(=O)CN1CCC2(CCNC2)C1.Cl. The highest BCUT2D eigenvalue weighted by molar-refractivity contribution is 5.85. The van der Waals surface area contributed by atoms with Gasteiger partial charge in [0.15, 0.2) is 0 Å². The molecule has 1 atom stereocenters. The minimum Gasteiger partial charge on any atom is -0.355 e. The number of halogens is 1. The third-order valence-electron chi connectivity index (χ3n) is 4.59. The Kier molecular flexibility index (Phi) is 7.59. The minimum absolute atomic E-state index is 0. The predicted molar refractivity (Wildman–Crippen MR) is 89.2 cm³/mol. The van der Waals surface area contributed by atoms with Gasteiger partial charge in [-0.2, -0.15) is 0 Å². The Hall–Kier alpha value is -0.850. The van der Waals surface area contributed by atoms with Crippen molar-refractivity contribution in [3.8, 4) is 0 Å². The van der Waals surface area contributed by atoms with Gasteiger partial charge in [-0.3, -0.25) is 14.5 Å². The summed E-state index contributed by atoms with van der Waals surface area (Å²) in [5, 5.41) is 6.22. The van der Waals surface area contributed by atoms with E-state index in [-0.39, 0.29) is 30.8 Å². The second kappa shape index (κ2) is 8.70. The van der Waals surface area contributed by atoms with Crippen molar-refractivity contribution in [3.05, 3.63) is 0 Å². The van der Waals surface area contributed by atoms with E-state index < -0.39 is 0 Å². The number of likely N-dealkylation sites (tertiary alicyclic amines) is 1. The van der Waals surface area contributed by atoms with Crippen LogP contribution < -0.4 is 10.6 Å². The van der Waals surface area contributed by atoms with Crippen LogP contribution in [0, 0.1) is 5.41 Å². The third kappa shape index (κ3) is 5.11. The lowest BCUT2D eigenvalue weighted by molar-refractivity contribution is -0.135. The first kappa shape index (κ1) is 19.2. The summed E-state index contributed by atoms with van der Waals surface area (Å²) < 4.78 is 0. The first-order valence-electron chi connectivity index (χ1n) is 7.98. The average molecular weight is 333 g/mol. The number of carbonyl (C=O) groups is 2. The summed E-state index contributed by atoms with van der Waals surface area (Å²) >= 11 is 0. The molecule has 0 aliphatic carbocycles. The van der Waals surface area contributed by atoms with Gasteiger partial charge in [0.05, 0.1) is 13.1 Å². The molecule has 2 saturated heterocycles. The zero-order chi connectivity index (χ0) is 15.3. The number of rotatable bonds is 6. The molecule has 0 aromatic carbocycles. The zero-order valence-electron chi connectivity index (χ0n) is 13.7. The number of amides is 2. The van der Waals surface area contributed by atoms with Gasteiger partial charge in [-0.05, 0) is 37.8 Å². The summed E-state index contributed by atoms with van der Waals surface area (Å²) in [6.45, 7) is 7.43. The first-order chi connectivity index (χ1) is 10.0. The molecular weight excluding hydrogens is 304 g/mol. The predicted octanol–water partition coefficient (Wildman–Crippen LogP) is 0.0782. The summed E-state index contributed by atoms with van der Waals surface area (Å²) in [4.78, 5) is 27.6.